The van der Waals surface area contributed by atoms with E-state index in [4.69, 9.17) is 9.84 Å². The lowest BCUT2D eigenvalue weighted by Crippen LogP contribution is -2.63. The summed E-state index contributed by atoms with van der Waals surface area (Å²) in [6.07, 6.45) is -5.24. The number of carbonyl (C=O) groups excluding carboxylic acids is 1. The molecule has 0 bridgehead atoms. The minimum absolute atomic E-state index is 0.462. The molecular weight excluding hydrogens is 208 g/mol. The van der Waals surface area contributed by atoms with Crippen LogP contribution in [-0.2, 0) is 9.53 Å². The standard InChI is InChI=1S/C8H15NO6/c1-3(11)9-5-7(13)6(12)4(2-10)15-8(5)14/h4-8,10,12-14H,2H2,1H3,(H,9,11)/t4-,5-,6-,7-,8?/m1/s1/i3+2. The van der Waals surface area contributed by atoms with Crippen molar-refractivity contribution < 1.29 is 30.0 Å². The van der Waals surface area contributed by atoms with Crippen molar-refractivity contribution in [2.75, 3.05) is 6.61 Å². The van der Waals surface area contributed by atoms with Crippen molar-refractivity contribution in [2.45, 2.75) is 37.6 Å². The maximum Gasteiger partial charge on any atom is 0.217 e. The second kappa shape index (κ2) is 4.86. The van der Waals surface area contributed by atoms with Gasteiger partial charge in [-0.25, -0.2) is 0 Å². The highest BCUT2D eigenvalue weighted by Crippen LogP contribution is 2.19. The number of aliphatic hydroxyl groups excluding tert-OH is 4. The molecule has 1 fully saturated rings. The SMILES string of the molecule is C[14C](=O)N[C@H]1C(O)O[C@H](CO)[C@@H](O)[C@@H]1O. The van der Waals surface area contributed by atoms with Gasteiger partial charge in [-0.2, -0.15) is 0 Å². The molecule has 1 aliphatic rings. The molecule has 1 unspecified atom stereocenters. The van der Waals surface area contributed by atoms with Crippen LogP contribution in [0.3, 0.4) is 0 Å². The number of amides is 1. The average Bonchev–Trinajstić information content (AvgIpc) is 2.18. The Morgan fingerprint density at radius 3 is 2.40 bits per heavy atom. The third-order valence-corrected chi connectivity index (χ3v) is 2.27. The molecule has 1 heterocycles. The molecule has 0 radical (unpaired) electrons. The fourth-order valence-corrected chi connectivity index (χ4v) is 1.49. The lowest BCUT2D eigenvalue weighted by Gasteiger charge is -2.40. The van der Waals surface area contributed by atoms with Gasteiger partial charge in [-0.15, -0.1) is 0 Å². The lowest BCUT2D eigenvalue weighted by atomic mass is 9.98. The van der Waals surface area contributed by atoms with Gasteiger partial charge >= 0.3 is 0 Å². The first-order chi connectivity index (χ1) is 6.97. The fraction of sp³-hybridized carbons (Fsp3) is 0.875. The Balaban J connectivity index is 2.70. The van der Waals surface area contributed by atoms with Crippen LogP contribution in [0.5, 0.6) is 0 Å². The number of aliphatic hydroxyl groups is 4. The van der Waals surface area contributed by atoms with Crippen LogP contribution < -0.4 is 5.32 Å². The van der Waals surface area contributed by atoms with Gasteiger partial charge in [0, 0.05) is 6.92 Å². The van der Waals surface area contributed by atoms with Crippen LogP contribution in [0.1, 0.15) is 6.92 Å². The zero-order valence-electron chi connectivity index (χ0n) is 8.20. The molecule has 7 heteroatoms. The maximum atomic E-state index is 10.7. The number of hydrogen-bond acceptors (Lipinski definition) is 6. The van der Waals surface area contributed by atoms with Crippen LogP contribution in [0.15, 0.2) is 0 Å². The molecule has 5 N–H and O–H groups in total. The number of hydrogen-bond donors (Lipinski definition) is 5. The quantitative estimate of drug-likeness (QED) is 0.339. The van der Waals surface area contributed by atoms with Gasteiger partial charge in [0.15, 0.2) is 6.29 Å². The Kier molecular flexibility index (Phi) is 4.00. The van der Waals surface area contributed by atoms with Crippen molar-refractivity contribution in [1.29, 1.82) is 0 Å². The first-order valence-electron chi connectivity index (χ1n) is 4.55. The average molecular weight is 223 g/mol. The highest BCUT2D eigenvalue weighted by Gasteiger charge is 2.43. The van der Waals surface area contributed by atoms with E-state index in [2.05, 4.69) is 5.32 Å². The zero-order valence-corrected chi connectivity index (χ0v) is 8.20. The van der Waals surface area contributed by atoms with Gasteiger partial charge in [0.1, 0.15) is 24.4 Å². The summed E-state index contributed by atoms with van der Waals surface area (Å²) in [5, 5.41) is 39.4. The molecule has 0 aromatic carbocycles. The molecule has 0 spiro atoms. The lowest BCUT2D eigenvalue weighted by molar-refractivity contribution is -0.253. The normalized spacial score (nSPS) is 41.3. The summed E-state index contributed by atoms with van der Waals surface area (Å²) in [4.78, 5) is 10.7. The molecule has 15 heavy (non-hydrogen) atoms. The molecule has 1 rings (SSSR count). The predicted octanol–water partition coefficient (Wildman–Crippen LogP) is -3.08. The third kappa shape index (κ3) is 2.64. The molecule has 1 aliphatic heterocycles. The number of carbonyl (C=O) groups is 1. The topological polar surface area (TPSA) is 119 Å². The van der Waals surface area contributed by atoms with E-state index in [9.17, 15) is 20.1 Å². The molecule has 0 aromatic rings. The van der Waals surface area contributed by atoms with E-state index in [1.54, 1.807) is 0 Å². The van der Waals surface area contributed by atoms with Crippen LogP contribution in [0.25, 0.3) is 0 Å². The maximum absolute atomic E-state index is 10.7. The Labute approximate surface area is 86.3 Å². The van der Waals surface area contributed by atoms with Crippen LogP contribution in [0.4, 0.5) is 0 Å². The molecule has 0 aliphatic carbocycles. The minimum Gasteiger partial charge on any atom is -0.394 e. The van der Waals surface area contributed by atoms with E-state index >= 15 is 0 Å². The third-order valence-electron chi connectivity index (χ3n) is 2.27. The van der Waals surface area contributed by atoms with Gasteiger partial charge in [-0.3, -0.25) is 4.79 Å². The van der Waals surface area contributed by atoms with Crippen LogP contribution in [-0.4, -0.2) is 63.6 Å². The van der Waals surface area contributed by atoms with E-state index in [0.29, 0.717) is 0 Å². The van der Waals surface area contributed by atoms with E-state index in [1.165, 1.54) is 6.92 Å². The first kappa shape index (κ1) is 12.3. The van der Waals surface area contributed by atoms with Crippen molar-refractivity contribution in [2.24, 2.45) is 0 Å². The van der Waals surface area contributed by atoms with Crippen molar-refractivity contribution in [3.05, 3.63) is 0 Å². The molecule has 0 aromatic heterocycles. The Hall–Kier alpha value is -0.730. The number of ether oxygens (including phenoxy) is 1. The monoisotopic (exact) mass is 223 g/mol. The van der Waals surface area contributed by atoms with E-state index in [-0.39, 0.29) is 0 Å². The Morgan fingerprint density at radius 1 is 1.33 bits per heavy atom. The van der Waals surface area contributed by atoms with Crippen LogP contribution in [0, 0.1) is 0 Å². The van der Waals surface area contributed by atoms with Gasteiger partial charge in [0.2, 0.25) is 5.91 Å². The molecule has 88 valence electrons. The highest BCUT2D eigenvalue weighted by molar-refractivity contribution is 5.73. The van der Waals surface area contributed by atoms with Gasteiger partial charge in [0.25, 0.3) is 0 Å². The van der Waals surface area contributed by atoms with Crippen LogP contribution in [0.2, 0.25) is 0 Å². The summed E-state index contributed by atoms with van der Waals surface area (Å²) in [6, 6.07) is -1.10. The van der Waals surface area contributed by atoms with E-state index < -0.39 is 43.2 Å². The number of rotatable bonds is 2. The summed E-state index contributed by atoms with van der Waals surface area (Å²) in [6.45, 7) is 0.687. The highest BCUT2D eigenvalue weighted by atomic mass is 16.6. The molecule has 0 saturated carbocycles. The van der Waals surface area contributed by atoms with Crippen molar-refractivity contribution in [1.82, 2.24) is 5.32 Å². The Morgan fingerprint density at radius 2 is 1.93 bits per heavy atom. The summed E-state index contributed by atoms with van der Waals surface area (Å²) in [7, 11) is 0. The van der Waals surface area contributed by atoms with Crippen molar-refractivity contribution >= 4 is 5.91 Å². The second-order valence-electron chi connectivity index (χ2n) is 3.46. The summed E-state index contributed by atoms with van der Waals surface area (Å²) in [5.74, 6) is -0.462. The smallest absolute Gasteiger partial charge is 0.217 e. The van der Waals surface area contributed by atoms with Gasteiger partial charge in [-0.1, -0.05) is 0 Å². The van der Waals surface area contributed by atoms with Crippen molar-refractivity contribution in [3.63, 3.8) is 0 Å². The molecule has 1 amide bonds. The van der Waals surface area contributed by atoms with Gasteiger partial charge in [-0.05, 0) is 0 Å². The largest absolute Gasteiger partial charge is 0.394 e. The molecule has 1 saturated heterocycles. The molecule has 5 atom stereocenters. The predicted molar refractivity (Wildman–Crippen MR) is 47.6 cm³/mol. The first-order valence-corrected chi connectivity index (χ1v) is 4.55. The summed E-state index contributed by atoms with van der Waals surface area (Å²) < 4.78 is 4.81. The fourth-order valence-electron chi connectivity index (χ4n) is 1.49. The second-order valence-corrected chi connectivity index (χ2v) is 3.46. The van der Waals surface area contributed by atoms with Crippen molar-refractivity contribution in [3.8, 4) is 0 Å². The zero-order chi connectivity index (χ0) is 11.6. The Bertz CT molecular complexity index is 235. The molecular formula is C8H15NO6. The minimum atomic E-state index is -1.45. The summed E-state index contributed by atoms with van der Waals surface area (Å²) in [5.41, 5.74) is 0. The van der Waals surface area contributed by atoms with Crippen LogP contribution >= 0.6 is 0 Å². The van der Waals surface area contributed by atoms with Gasteiger partial charge < -0.3 is 30.5 Å². The number of nitrogens with one attached hydrogen (secondary N) is 1. The van der Waals surface area contributed by atoms with E-state index in [1.807, 2.05) is 0 Å². The van der Waals surface area contributed by atoms with E-state index in [0.717, 1.165) is 0 Å². The van der Waals surface area contributed by atoms with Gasteiger partial charge in [0.05, 0.1) is 6.61 Å². The molecule has 7 nitrogen and oxygen atoms in total. The summed E-state index contributed by atoms with van der Waals surface area (Å²) >= 11 is 0.